The highest BCUT2D eigenvalue weighted by atomic mass is 16.6. The van der Waals surface area contributed by atoms with E-state index in [1.807, 2.05) is 6.92 Å². The Kier molecular flexibility index (Phi) is 6.68. The third kappa shape index (κ3) is 5.01. The average Bonchev–Trinajstić information content (AvgIpc) is 2.58. The predicted molar refractivity (Wildman–Crippen MR) is 96.1 cm³/mol. The topological polar surface area (TPSA) is 103 Å². The van der Waals surface area contributed by atoms with E-state index < -0.39 is 4.92 Å². The molecule has 1 heterocycles. The molecule has 2 atom stereocenters. The van der Waals surface area contributed by atoms with E-state index in [1.165, 1.54) is 6.07 Å². The number of rotatable bonds is 6. The first-order valence-corrected chi connectivity index (χ1v) is 8.87. The quantitative estimate of drug-likeness (QED) is 0.445. The van der Waals surface area contributed by atoms with Crippen molar-refractivity contribution in [3.8, 4) is 0 Å². The van der Waals surface area contributed by atoms with Crippen molar-refractivity contribution in [2.45, 2.75) is 33.6 Å². The second-order valence-electron chi connectivity index (χ2n) is 6.73. The lowest BCUT2D eigenvalue weighted by Gasteiger charge is -2.28. The van der Waals surface area contributed by atoms with E-state index in [2.05, 4.69) is 5.32 Å². The zero-order chi connectivity index (χ0) is 19.3. The predicted octanol–water partition coefficient (Wildman–Crippen LogP) is 1.01. The van der Waals surface area contributed by atoms with Gasteiger partial charge in [0.2, 0.25) is 0 Å². The normalized spacial score (nSPS) is 19.7. The number of likely N-dealkylation sites (tertiary alicyclic amines) is 1. The second kappa shape index (κ2) is 8.75. The molecule has 26 heavy (non-hydrogen) atoms. The monoisotopic (exact) mass is 364 g/mol. The number of nitrogens with zero attached hydrogens (tertiary/aromatic N) is 1. The zero-order valence-corrected chi connectivity index (χ0v) is 15.5. The van der Waals surface area contributed by atoms with Gasteiger partial charge in [-0.05, 0) is 50.8 Å². The Balaban J connectivity index is 2.01. The molecule has 1 aliphatic heterocycles. The van der Waals surface area contributed by atoms with Crippen molar-refractivity contribution in [1.29, 1.82) is 0 Å². The van der Waals surface area contributed by atoms with Crippen LogP contribution in [0.3, 0.4) is 0 Å². The van der Waals surface area contributed by atoms with Gasteiger partial charge in [-0.3, -0.25) is 19.7 Å². The van der Waals surface area contributed by atoms with Crippen LogP contribution in [0.15, 0.2) is 12.1 Å². The smallest absolute Gasteiger partial charge is 0.314 e. The minimum absolute atomic E-state index is 0.112. The Bertz CT molecular complexity index is 704. The molecule has 0 aliphatic carbocycles. The van der Waals surface area contributed by atoms with E-state index in [0.29, 0.717) is 13.2 Å². The van der Waals surface area contributed by atoms with Crippen LogP contribution in [-0.4, -0.2) is 43.0 Å². The number of aryl methyl sites for hydroxylation is 2. The number of carbonyl (C=O) groups is 2. The molecule has 8 heteroatoms. The minimum Gasteiger partial charge on any atom is -0.466 e. The molecule has 0 aromatic heterocycles. The van der Waals surface area contributed by atoms with Gasteiger partial charge in [0.25, 0.3) is 11.6 Å². The number of esters is 1. The number of nitrogens with one attached hydrogen (secondary N) is 2. The molecule has 0 spiro atoms. The number of piperidine rings is 1. The summed E-state index contributed by atoms with van der Waals surface area (Å²) in [4.78, 5) is 36.0. The summed E-state index contributed by atoms with van der Waals surface area (Å²) < 4.78 is 5.07. The summed E-state index contributed by atoms with van der Waals surface area (Å²) in [6.07, 6.45) is 1.61. The van der Waals surface area contributed by atoms with E-state index in [1.54, 1.807) is 19.9 Å². The number of benzene rings is 1. The highest BCUT2D eigenvalue weighted by molar-refractivity contribution is 5.94. The lowest BCUT2D eigenvalue weighted by Crippen LogP contribution is -3.14. The first kappa shape index (κ1) is 19.8. The zero-order valence-electron chi connectivity index (χ0n) is 15.5. The van der Waals surface area contributed by atoms with Gasteiger partial charge in [-0.15, -0.1) is 0 Å². The summed E-state index contributed by atoms with van der Waals surface area (Å²) in [6.45, 7) is 7.26. The van der Waals surface area contributed by atoms with Crippen molar-refractivity contribution in [2.24, 2.45) is 5.92 Å². The summed E-state index contributed by atoms with van der Waals surface area (Å²) in [6, 6.07) is 3.09. The van der Waals surface area contributed by atoms with Gasteiger partial charge in [0.15, 0.2) is 6.54 Å². The first-order chi connectivity index (χ1) is 12.3. The van der Waals surface area contributed by atoms with E-state index in [4.69, 9.17) is 4.74 Å². The van der Waals surface area contributed by atoms with Gasteiger partial charge >= 0.3 is 5.97 Å². The number of quaternary nitrogens is 1. The van der Waals surface area contributed by atoms with Crippen molar-refractivity contribution in [1.82, 2.24) is 0 Å². The summed E-state index contributed by atoms with van der Waals surface area (Å²) in [5.74, 6) is -0.701. The van der Waals surface area contributed by atoms with E-state index in [0.717, 1.165) is 35.4 Å². The lowest BCUT2D eigenvalue weighted by molar-refractivity contribution is -0.899. The van der Waals surface area contributed by atoms with Gasteiger partial charge in [0.1, 0.15) is 11.6 Å². The van der Waals surface area contributed by atoms with Crippen LogP contribution >= 0.6 is 0 Å². The van der Waals surface area contributed by atoms with Gasteiger partial charge in [0, 0.05) is 6.07 Å². The van der Waals surface area contributed by atoms with Crippen LogP contribution in [0, 0.1) is 29.9 Å². The molecule has 0 bridgehead atoms. The fraction of sp³-hybridized carbons (Fsp3) is 0.556. The van der Waals surface area contributed by atoms with E-state index in [-0.39, 0.29) is 35.7 Å². The fourth-order valence-electron chi connectivity index (χ4n) is 3.25. The number of amides is 1. The molecule has 142 valence electrons. The molecule has 2 N–H and O–H groups in total. The lowest BCUT2D eigenvalue weighted by atomic mass is 9.98. The van der Waals surface area contributed by atoms with Gasteiger partial charge < -0.3 is 15.0 Å². The van der Waals surface area contributed by atoms with Crippen molar-refractivity contribution in [2.75, 3.05) is 31.6 Å². The summed E-state index contributed by atoms with van der Waals surface area (Å²) in [5, 5.41) is 13.9. The first-order valence-electron chi connectivity index (χ1n) is 8.87. The van der Waals surface area contributed by atoms with E-state index in [9.17, 15) is 19.7 Å². The van der Waals surface area contributed by atoms with Crippen LogP contribution in [-0.2, 0) is 14.3 Å². The maximum absolute atomic E-state index is 12.4. The third-order valence-corrected chi connectivity index (χ3v) is 4.73. The summed E-state index contributed by atoms with van der Waals surface area (Å²) in [5.41, 5.74) is 1.77. The molecule has 1 unspecified atom stereocenters. The van der Waals surface area contributed by atoms with Gasteiger partial charge in [-0.25, -0.2) is 0 Å². The number of nitro groups is 1. The van der Waals surface area contributed by atoms with Crippen molar-refractivity contribution in [3.05, 3.63) is 33.4 Å². The molecular weight excluding hydrogens is 338 g/mol. The molecule has 0 saturated carbocycles. The van der Waals surface area contributed by atoms with Crippen LogP contribution < -0.4 is 10.2 Å². The Hall–Kier alpha value is -2.48. The minimum atomic E-state index is -0.493. The molecule has 1 amide bonds. The van der Waals surface area contributed by atoms with Crippen LogP contribution in [0.2, 0.25) is 0 Å². The van der Waals surface area contributed by atoms with Gasteiger partial charge in [-0.2, -0.15) is 0 Å². The van der Waals surface area contributed by atoms with Crippen LogP contribution in [0.4, 0.5) is 11.4 Å². The molecule has 1 aliphatic rings. The largest absolute Gasteiger partial charge is 0.466 e. The molecule has 0 radical (unpaired) electrons. The number of hydrogen-bond donors (Lipinski definition) is 2. The molecule has 1 aromatic carbocycles. The molecule has 1 saturated heterocycles. The highest BCUT2D eigenvalue weighted by Gasteiger charge is 2.31. The maximum atomic E-state index is 12.4. The summed E-state index contributed by atoms with van der Waals surface area (Å²) in [7, 11) is 0. The number of anilines is 1. The SMILES string of the molecule is CCOC(=O)[C@@H]1CCC[NH+](CC(=O)Nc2cc(C)c(C)cc2[N+](=O)[O-])C1. The highest BCUT2D eigenvalue weighted by Crippen LogP contribution is 2.27. The van der Waals surface area contributed by atoms with Crippen LogP contribution in [0.5, 0.6) is 0 Å². The molecule has 1 aromatic rings. The van der Waals surface area contributed by atoms with Crippen molar-refractivity contribution in [3.63, 3.8) is 0 Å². The number of hydrogen-bond acceptors (Lipinski definition) is 5. The maximum Gasteiger partial charge on any atom is 0.314 e. The van der Waals surface area contributed by atoms with Crippen molar-refractivity contribution >= 4 is 23.3 Å². The third-order valence-electron chi connectivity index (χ3n) is 4.73. The number of carbonyl (C=O) groups excluding carboxylic acids is 2. The Morgan fingerprint density at radius 3 is 2.69 bits per heavy atom. The Morgan fingerprint density at radius 1 is 1.35 bits per heavy atom. The number of ether oxygens (including phenoxy) is 1. The Labute approximate surface area is 152 Å². The van der Waals surface area contributed by atoms with Crippen molar-refractivity contribution < 1.29 is 24.1 Å². The Morgan fingerprint density at radius 2 is 2.04 bits per heavy atom. The fourth-order valence-corrected chi connectivity index (χ4v) is 3.25. The standard InChI is InChI=1S/C18H25N3O5/c1-4-26-18(23)14-6-5-7-20(10-14)11-17(22)19-15-8-12(2)13(3)9-16(15)21(24)25/h8-9,14H,4-7,10-11H2,1-3H3,(H,19,22)/p+1/t14-/m1/s1. The second-order valence-corrected chi connectivity index (χ2v) is 6.73. The summed E-state index contributed by atoms with van der Waals surface area (Å²) >= 11 is 0. The molecule has 8 nitrogen and oxygen atoms in total. The molecular formula is C18H26N3O5+. The van der Waals surface area contributed by atoms with Crippen LogP contribution in [0.1, 0.15) is 30.9 Å². The number of nitro benzene ring substituents is 1. The van der Waals surface area contributed by atoms with Crippen LogP contribution in [0.25, 0.3) is 0 Å². The van der Waals surface area contributed by atoms with Gasteiger partial charge in [0.05, 0.1) is 24.6 Å². The molecule has 2 rings (SSSR count). The molecule has 1 fully saturated rings. The van der Waals surface area contributed by atoms with E-state index >= 15 is 0 Å². The van der Waals surface area contributed by atoms with Gasteiger partial charge in [-0.1, -0.05) is 0 Å². The average molecular weight is 364 g/mol.